The van der Waals surface area contributed by atoms with E-state index in [2.05, 4.69) is 58.0 Å². The van der Waals surface area contributed by atoms with Gasteiger partial charge >= 0.3 is 0 Å². The topological polar surface area (TPSA) is 31.4 Å². The van der Waals surface area contributed by atoms with Crippen molar-refractivity contribution < 1.29 is 9.47 Å². The average Bonchev–Trinajstić information content (AvgIpc) is 2.77. The number of pyridine rings is 1. The number of benzene rings is 1. The molecule has 2 aromatic rings. The first-order valence-electron chi connectivity index (χ1n) is 12.4. The van der Waals surface area contributed by atoms with Gasteiger partial charge in [-0.15, -0.1) is 0 Å². The summed E-state index contributed by atoms with van der Waals surface area (Å²) in [5, 5.41) is 1.16. The minimum atomic E-state index is -0.758. The highest BCUT2D eigenvalue weighted by Gasteiger charge is 2.43. The molecule has 3 heteroatoms. The molecular formula is C27H43NO2. The maximum Gasteiger partial charge on any atom is 0.215 e. The number of hydrogen-bond donors (Lipinski definition) is 0. The van der Waals surface area contributed by atoms with Crippen LogP contribution in [-0.4, -0.2) is 18.2 Å². The van der Waals surface area contributed by atoms with E-state index in [9.17, 15) is 0 Å². The van der Waals surface area contributed by atoms with Crippen LogP contribution in [0.25, 0.3) is 10.9 Å². The molecule has 1 heterocycles. The van der Waals surface area contributed by atoms with Crippen LogP contribution in [0, 0.1) is 5.92 Å². The Hall–Kier alpha value is -1.45. The van der Waals surface area contributed by atoms with Crippen molar-refractivity contribution in [3.05, 3.63) is 42.1 Å². The third-order valence-corrected chi connectivity index (χ3v) is 6.02. The Kier molecular flexibility index (Phi) is 11.4. The average molecular weight is 414 g/mol. The zero-order valence-electron chi connectivity index (χ0n) is 19.8. The highest BCUT2D eigenvalue weighted by atomic mass is 16.7. The molecule has 3 nitrogen and oxygen atoms in total. The SMILES string of the molecule is CCCCCCCCC(CCCC)C(OCC)(OCC)c1ccc2ccccc2n1. The molecule has 168 valence electrons. The monoisotopic (exact) mass is 413 g/mol. The van der Waals surface area contributed by atoms with Gasteiger partial charge in [-0.05, 0) is 38.8 Å². The highest BCUT2D eigenvalue weighted by molar-refractivity contribution is 5.78. The van der Waals surface area contributed by atoms with Gasteiger partial charge in [-0.25, -0.2) is 4.98 Å². The second kappa shape index (κ2) is 13.8. The van der Waals surface area contributed by atoms with Gasteiger partial charge in [0.15, 0.2) is 0 Å². The molecule has 0 amide bonds. The lowest BCUT2D eigenvalue weighted by Gasteiger charge is -2.40. The minimum absolute atomic E-state index is 0.317. The zero-order valence-corrected chi connectivity index (χ0v) is 19.8. The van der Waals surface area contributed by atoms with Gasteiger partial charge in [0.25, 0.3) is 0 Å². The number of hydrogen-bond acceptors (Lipinski definition) is 3. The van der Waals surface area contributed by atoms with E-state index in [0.717, 1.165) is 29.4 Å². The molecule has 0 fully saturated rings. The Morgan fingerprint density at radius 1 is 0.733 bits per heavy atom. The van der Waals surface area contributed by atoms with Crippen LogP contribution in [0.15, 0.2) is 36.4 Å². The van der Waals surface area contributed by atoms with Crippen molar-refractivity contribution in [2.24, 2.45) is 5.92 Å². The molecule has 0 aliphatic rings. The van der Waals surface area contributed by atoms with Crippen LogP contribution in [0.5, 0.6) is 0 Å². The van der Waals surface area contributed by atoms with Crippen molar-refractivity contribution in [1.29, 1.82) is 0 Å². The van der Waals surface area contributed by atoms with Crippen molar-refractivity contribution in [1.82, 2.24) is 4.98 Å². The van der Waals surface area contributed by atoms with E-state index in [4.69, 9.17) is 14.5 Å². The second-order valence-corrected chi connectivity index (χ2v) is 8.32. The number of unbranched alkanes of at least 4 members (excludes halogenated alkanes) is 6. The van der Waals surface area contributed by atoms with Gasteiger partial charge in [0.05, 0.1) is 5.52 Å². The van der Waals surface area contributed by atoms with Crippen molar-refractivity contribution >= 4 is 10.9 Å². The summed E-state index contributed by atoms with van der Waals surface area (Å²) in [5.74, 6) is -0.441. The molecule has 0 spiro atoms. The predicted molar refractivity (Wildman–Crippen MR) is 128 cm³/mol. The van der Waals surface area contributed by atoms with E-state index in [1.165, 1.54) is 51.4 Å². The van der Waals surface area contributed by atoms with E-state index in [-0.39, 0.29) is 0 Å². The number of para-hydroxylation sites is 1. The van der Waals surface area contributed by atoms with Gasteiger partial charge in [0.1, 0.15) is 5.69 Å². The lowest BCUT2D eigenvalue weighted by molar-refractivity contribution is -0.279. The summed E-state index contributed by atoms with van der Waals surface area (Å²) in [6.07, 6.45) is 12.5. The molecule has 1 aromatic heterocycles. The zero-order chi connectivity index (χ0) is 21.7. The molecule has 0 radical (unpaired) electrons. The van der Waals surface area contributed by atoms with E-state index in [1.807, 2.05) is 6.07 Å². The molecule has 1 unspecified atom stereocenters. The molecule has 0 saturated heterocycles. The van der Waals surface area contributed by atoms with Crippen LogP contribution in [0.1, 0.15) is 97.6 Å². The van der Waals surface area contributed by atoms with Crippen LogP contribution >= 0.6 is 0 Å². The quantitative estimate of drug-likeness (QED) is 0.206. The molecule has 2 rings (SSSR count). The first-order valence-corrected chi connectivity index (χ1v) is 12.4. The third kappa shape index (κ3) is 6.78. The van der Waals surface area contributed by atoms with Gasteiger partial charge in [-0.2, -0.15) is 0 Å². The van der Waals surface area contributed by atoms with Gasteiger partial charge < -0.3 is 9.47 Å². The Morgan fingerprint density at radius 3 is 2.07 bits per heavy atom. The predicted octanol–water partition coefficient (Wildman–Crippen LogP) is 8.02. The van der Waals surface area contributed by atoms with E-state index in [0.29, 0.717) is 19.1 Å². The number of fused-ring (bicyclic) bond motifs is 1. The summed E-state index contributed by atoms with van der Waals surface area (Å²) in [6.45, 7) is 9.91. The van der Waals surface area contributed by atoms with Crippen LogP contribution in [0.3, 0.4) is 0 Å². The smallest absolute Gasteiger partial charge is 0.215 e. The normalized spacial score (nSPS) is 13.1. The van der Waals surface area contributed by atoms with Crippen molar-refractivity contribution in [3.63, 3.8) is 0 Å². The Bertz CT molecular complexity index is 709. The fraction of sp³-hybridized carbons (Fsp3) is 0.667. The highest BCUT2D eigenvalue weighted by Crippen LogP contribution is 2.41. The van der Waals surface area contributed by atoms with Crippen LogP contribution in [0.4, 0.5) is 0 Å². The molecule has 0 bridgehead atoms. The maximum atomic E-state index is 6.48. The summed E-state index contributed by atoms with van der Waals surface area (Å²) in [5.41, 5.74) is 1.93. The fourth-order valence-electron chi connectivity index (χ4n) is 4.47. The van der Waals surface area contributed by atoms with Crippen molar-refractivity contribution in [2.45, 2.75) is 97.7 Å². The molecular weight excluding hydrogens is 370 g/mol. The number of nitrogens with zero attached hydrogens (tertiary/aromatic N) is 1. The Balaban J connectivity index is 2.31. The molecule has 0 aliphatic carbocycles. The van der Waals surface area contributed by atoms with E-state index < -0.39 is 5.79 Å². The summed E-state index contributed by atoms with van der Waals surface area (Å²) in [7, 11) is 0. The van der Waals surface area contributed by atoms with Gasteiger partial charge in [0, 0.05) is 24.5 Å². The minimum Gasteiger partial charge on any atom is -0.345 e. The van der Waals surface area contributed by atoms with Gasteiger partial charge in [0.2, 0.25) is 5.79 Å². The standard InChI is InChI=1S/C27H43NO2/c1-5-9-11-12-13-14-19-24(18-10-6-2)27(29-7-3,30-8-4)26-22-21-23-17-15-16-20-25(23)28-26/h15-17,20-22,24H,5-14,18-19H2,1-4H3. The van der Waals surface area contributed by atoms with Gasteiger partial charge in [-0.1, -0.05) is 89.5 Å². The second-order valence-electron chi connectivity index (χ2n) is 8.32. The Morgan fingerprint density at radius 2 is 1.37 bits per heavy atom. The lowest BCUT2D eigenvalue weighted by atomic mass is 9.85. The van der Waals surface area contributed by atoms with Crippen molar-refractivity contribution in [3.8, 4) is 0 Å². The van der Waals surface area contributed by atoms with Crippen molar-refractivity contribution in [2.75, 3.05) is 13.2 Å². The number of rotatable bonds is 16. The van der Waals surface area contributed by atoms with Crippen LogP contribution < -0.4 is 0 Å². The Labute approximate surface area is 184 Å². The number of ether oxygens (including phenoxy) is 2. The first-order chi connectivity index (χ1) is 14.7. The molecule has 30 heavy (non-hydrogen) atoms. The molecule has 0 saturated carbocycles. The number of aromatic nitrogens is 1. The summed E-state index contributed by atoms with van der Waals surface area (Å²) < 4.78 is 13.0. The third-order valence-electron chi connectivity index (χ3n) is 6.02. The summed E-state index contributed by atoms with van der Waals surface area (Å²) in [4.78, 5) is 5.03. The molecule has 0 aliphatic heterocycles. The first kappa shape index (κ1) is 24.8. The van der Waals surface area contributed by atoms with E-state index >= 15 is 0 Å². The van der Waals surface area contributed by atoms with Gasteiger partial charge in [-0.3, -0.25) is 0 Å². The maximum absolute atomic E-state index is 6.48. The molecule has 0 N–H and O–H groups in total. The largest absolute Gasteiger partial charge is 0.345 e. The lowest BCUT2D eigenvalue weighted by Crippen LogP contribution is -2.42. The van der Waals surface area contributed by atoms with Crippen LogP contribution in [-0.2, 0) is 15.3 Å². The fourth-order valence-corrected chi connectivity index (χ4v) is 4.47. The molecule has 1 aromatic carbocycles. The van der Waals surface area contributed by atoms with E-state index in [1.54, 1.807) is 0 Å². The summed E-state index contributed by atoms with van der Waals surface area (Å²) >= 11 is 0. The van der Waals surface area contributed by atoms with Crippen LogP contribution in [0.2, 0.25) is 0 Å². The summed E-state index contributed by atoms with van der Waals surface area (Å²) in [6, 6.07) is 12.6. The molecule has 1 atom stereocenters.